The van der Waals surface area contributed by atoms with Gasteiger partial charge in [-0.3, -0.25) is 9.59 Å². The summed E-state index contributed by atoms with van der Waals surface area (Å²) in [5.74, 6) is 1.17. The first-order valence-electron chi connectivity index (χ1n) is 8.61. The van der Waals surface area contributed by atoms with E-state index in [1.807, 2.05) is 4.90 Å². The van der Waals surface area contributed by atoms with Crippen LogP contribution < -0.4 is 5.32 Å². The van der Waals surface area contributed by atoms with Gasteiger partial charge in [-0.1, -0.05) is 33.1 Å². The lowest BCUT2D eigenvalue weighted by molar-refractivity contribution is -0.151. The molecular formula is C17H30N2O2. The Kier molecular flexibility index (Phi) is 5.65. The van der Waals surface area contributed by atoms with Crippen molar-refractivity contribution in [2.24, 2.45) is 11.8 Å². The number of amides is 2. The third kappa shape index (κ3) is 3.98. The Balaban J connectivity index is 2.07. The number of nitrogens with one attached hydrogen (secondary N) is 1. The average Bonchev–Trinajstić information content (AvgIpc) is 2.44. The van der Waals surface area contributed by atoms with E-state index in [0.29, 0.717) is 11.8 Å². The maximum atomic E-state index is 12.5. The quantitative estimate of drug-likeness (QED) is 0.847. The van der Waals surface area contributed by atoms with E-state index < -0.39 is 0 Å². The second-order valence-corrected chi connectivity index (χ2v) is 7.14. The molecule has 0 bridgehead atoms. The summed E-state index contributed by atoms with van der Waals surface area (Å²) in [5, 5.41) is 2.88. The molecule has 0 aromatic heterocycles. The molecule has 0 aromatic rings. The van der Waals surface area contributed by atoms with Crippen molar-refractivity contribution < 1.29 is 9.59 Å². The molecule has 2 rings (SSSR count). The second-order valence-electron chi connectivity index (χ2n) is 7.14. The van der Waals surface area contributed by atoms with Crippen molar-refractivity contribution in [2.45, 2.75) is 77.8 Å². The predicted molar refractivity (Wildman–Crippen MR) is 83.8 cm³/mol. The first-order valence-corrected chi connectivity index (χ1v) is 8.61. The molecule has 120 valence electrons. The first kappa shape index (κ1) is 16.3. The molecule has 1 aliphatic heterocycles. The third-order valence-corrected chi connectivity index (χ3v) is 4.89. The van der Waals surface area contributed by atoms with Gasteiger partial charge in [-0.05, 0) is 44.4 Å². The second kappa shape index (κ2) is 7.28. The number of piperazine rings is 1. The first-order chi connectivity index (χ1) is 10.0. The Morgan fingerprint density at radius 1 is 1.19 bits per heavy atom. The van der Waals surface area contributed by atoms with Crippen LogP contribution in [-0.2, 0) is 9.59 Å². The minimum Gasteiger partial charge on any atom is -0.343 e. The monoisotopic (exact) mass is 294 g/mol. The molecule has 1 saturated carbocycles. The highest BCUT2D eigenvalue weighted by Crippen LogP contribution is 2.31. The SMILES string of the molecule is CC(C)CCCN1C(=O)C(C)NC(=O)C1C1CCCCC1. The van der Waals surface area contributed by atoms with Gasteiger partial charge >= 0.3 is 0 Å². The van der Waals surface area contributed by atoms with E-state index in [1.165, 1.54) is 19.3 Å². The lowest BCUT2D eigenvalue weighted by atomic mass is 9.81. The molecule has 2 fully saturated rings. The molecule has 1 N–H and O–H groups in total. The highest BCUT2D eigenvalue weighted by Gasteiger charge is 2.42. The van der Waals surface area contributed by atoms with E-state index >= 15 is 0 Å². The van der Waals surface area contributed by atoms with Crippen LogP contribution in [-0.4, -0.2) is 35.3 Å². The Morgan fingerprint density at radius 3 is 2.48 bits per heavy atom. The molecular weight excluding hydrogens is 264 g/mol. The fourth-order valence-electron chi connectivity index (χ4n) is 3.73. The fourth-order valence-corrected chi connectivity index (χ4v) is 3.73. The molecule has 0 aromatic carbocycles. The van der Waals surface area contributed by atoms with Crippen LogP contribution in [0.15, 0.2) is 0 Å². The molecule has 1 aliphatic carbocycles. The van der Waals surface area contributed by atoms with E-state index in [1.54, 1.807) is 6.92 Å². The van der Waals surface area contributed by atoms with Crippen LogP contribution in [0.25, 0.3) is 0 Å². The topological polar surface area (TPSA) is 49.4 Å². The number of carbonyl (C=O) groups is 2. The van der Waals surface area contributed by atoms with Crippen LogP contribution in [0.2, 0.25) is 0 Å². The number of nitrogens with zero attached hydrogens (tertiary/aromatic N) is 1. The summed E-state index contributed by atoms with van der Waals surface area (Å²) in [4.78, 5) is 26.9. The van der Waals surface area contributed by atoms with Gasteiger partial charge in [-0.15, -0.1) is 0 Å². The minimum atomic E-state index is -0.364. The van der Waals surface area contributed by atoms with Gasteiger partial charge in [0.1, 0.15) is 12.1 Å². The zero-order valence-electron chi connectivity index (χ0n) is 13.7. The van der Waals surface area contributed by atoms with Crippen LogP contribution in [0.5, 0.6) is 0 Å². The standard InChI is InChI=1S/C17H30N2O2/c1-12(2)8-7-11-19-15(14-9-5-4-6-10-14)16(20)18-13(3)17(19)21/h12-15H,4-11H2,1-3H3,(H,18,20). The summed E-state index contributed by atoms with van der Waals surface area (Å²) >= 11 is 0. The minimum absolute atomic E-state index is 0.0681. The Labute approximate surface area is 128 Å². The highest BCUT2D eigenvalue weighted by atomic mass is 16.2. The lowest BCUT2D eigenvalue weighted by Crippen LogP contribution is -2.64. The number of hydrogen-bond acceptors (Lipinski definition) is 2. The molecule has 2 amide bonds. The van der Waals surface area contributed by atoms with Gasteiger partial charge in [0.25, 0.3) is 0 Å². The highest BCUT2D eigenvalue weighted by molar-refractivity contribution is 5.96. The molecule has 4 nitrogen and oxygen atoms in total. The largest absolute Gasteiger partial charge is 0.343 e. The predicted octanol–water partition coefficient (Wildman–Crippen LogP) is 2.72. The summed E-state index contributed by atoms with van der Waals surface area (Å²) in [5.41, 5.74) is 0. The van der Waals surface area contributed by atoms with Crippen molar-refractivity contribution in [1.82, 2.24) is 10.2 Å². The van der Waals surface area contributed by atoms with E-state index in [9.17, 15) is 9.59 Å². The van der Waals surface area contributed by atoms with Gasteiger partial charge in [0.2, 0.25) is 11.8 Å². The molecule has 1 saturated heterocycles. The molecule has 2 unspecified atom stereocenters. The van der Waals surface area contributed by atoms with Crippen molar-refractivity contribution in [3.8, 4) is 0 Å². The van der Waals surface area contributed by atoms with Crippen molar-refractivity contribution in [2.75, 3.05) is 6.54 Å². The maximum Gasteiger partial charge on any atom is 0.245 e. The molecule has 0 spiro atoms. The molecule has 1 heterocycles. The van der Waals surface area contributed by atoms with Crippen LogP contribution in [0.1, 0.15) is 65.7 Å². The van der Waals surface area contributed by atoms with E-state index in [2.05, 4.69) is 19.2 Å². The normalized spacial score (nSPS) is 28.1. The van der Waals surface area contributed by atoms with Crippen molar-refractivity contribution in [1.29, 1.82) is 0 Å². The maximum absolute atomic E-state index is 12.5. The average molecular weight is 294 g/mol. The van der Waals surface area contributed by atoms with Crippen molar-refractivity contribution in [3.63, 3.8) is 0 Å². The van der Waals surface area contributed by atoms with Crippen LogP contribution in [0.4, 0.5) is 0 Å². The number of hydrogen-bond donors (Lipinski definition) is 1. The Morgan fingerprint density at radius 2 is 1.86 bits per heavy atom. The Hall–Kier alpha value is -1.06. The zero-order valence-corrected chi connectivity index (χ0v) is 13.7. The Bertz CT molecular complexity index is 375. The molecule has 4 heteroatoms. The van der Waals surface area contributed by atoms with Gasteiger partial charge < -0.3 is 10.2 Å². The summed E-state index contributed by atoms with van der Waals surface area (Å²) in [6.07, 6.45) is 7.92. The van der Waals surface area contributed by atoms with Crippen LogP contribution in [0, 0.1) is 11.8 Å². The molecule has 21 heavy (non-hydrogen) atoms. The van der Waals surface area contributed by atoms with E-state index in [0.717, 1.165) is 32.2 Å². The van der Waals surface area contributed by atoms with Gasteiger partial charge in [-0.2, -0.15) is 0 Å². The molecule has 2 atom stereocenters. The fraction of sp³-hybridized carbons (Fsp3) is 0.882. The smallest absolute Gasteiger partial charge is 0.245 e. The van der Waals surface area contributed by atoms with Gasteiger partial charge in [0.05, 0.1) is 0 Å². The third-order valence-electron chi connectivity index (χ3n) is 4.89. The van der Waals surface area contributed by atoms with E-state index in [-0.39, 0.29) is 23.9 Å². The van der Waals surface area contributed by atoms with Crippen molar-refractivity contribution >= 4 is 11.8 Å². The van der Waals surface area contributed by atoms with Gasteiger partial charge in [0, 0.05) is 6.54 Å². The zero-order chi connectivity index (χ0) is 15.4. The summed E-state index contributed by atoms with van der Waals surface area (Å²) in [6, 6.07) is -0.586. The van der Waals surface area contributed by atoms with E-state index in [4.69, 9.17) is 0 Å². The lowest BCUT2D eigenvalue weighted by Gasteiger charge is -2.43. The van der Waals surface area contributed by atoms with Gasteiger partial charge in [0.15, 0.2) is 0 Å². The van der Waals surface area contributed by atoms with Crippen LogP contribution >= 0.6 is 0 Å². The molecule has 2 aliphatic rings. The number of rotatable bonds is 5. The summed E-state index contributed by atoms with van der Waals surface area (Å²) in [6.45, 7) is 6.93. The van der Waals surface area contributed by atoms with Crippen molar-refractivity contribution in [3.05, 3.63) is 0 Å². The van der Waals surface area contributed by atoms with Gasteiger partial charge in [-0.25, -0.2) is 0 Å². The summed E-state index contributed by atoms with van der Waals surface area (Å²) in [7, 11) is 0. The molecule has 0 radical (unpaired) electrons. The van der Waals surface area contributed by atoms with Crippen LogP contribution in [0.3, 0.4) is 0 Å². The summed E-state index contributed by atoms with van der Waals surface area (Å²) < 4.78 is 0. The number of carbonyl (C=O) groups excluding carboxylic acids is 2.